The van der Waals surface area contributed by atoms with E-state index in [1.165, 1.54) is 0 Å². The van der Waals surface area contributed by atoms with Crippen LogP contribution in [0.5, 0.6) is 0 Å². The number of ether oxygens (including phenoxy) is 2. The van der Waals surface area contributed by atoms with Gasteiger partial charge in [-0.1, -0.05) is 62.7 Å². The Kier molecular flexibility index (Phi) is 4.01. The summed E-state index contributed by atoms with van der Waals surface area (Å²) in [7, 11) is 0. The van der Waals surface area contributed by atoms with Crippen molar-refractivity contribution in [2.24, 2.45) is 22.2 Å². The van der Waals surface area contributed by atoms with Gasteiger partial charge in [-0.25, -0.2) is 0 Å². The number of hydrogen-bond donors (Lipinski definition) is 0. The lowest BCUT2D eigenvalue weighted by Crippen LogP contribution is -2.50. The third-order valence-corrected chi connectivity index (χ3v) is 10.0. The minimum absolute atomic E-state index is 0.0337. The fraction of sp³-hybridized carbons (Fsp3) is 0.850. The maximum Gasteiger partial charge on any atom is 0.163 e. The van der Waals surface area contributed by atoms with E-state index in [-0.39, 0.29) is 38.7 Å². The molecule has 3 nitrogen and oxygen atoms in total. The van der Waals surface area contributed by atoms with Crippen molar-refractivity contribution in [1.82, 2.24) is 0 Å². The number of carbonyl (C=O) groups excluding carboxylic acids is 1. The maximum atomic E-state index is 11.8. The van der Waals surface area contributed by atoms with Crippen LogP contribution in [0.25, 0.3) is 0 Å². The number of aldehydes is 1. The Labute approximate surface area is 154 Å². The van der Waals surface area contributed by atoms with Crippen molar-refractivity contribution in [1.29, 1.82) is 0 Å². The third-order valence-electron chi connectivity index (χ3n) is 7.58. The second kappa shape index (κ2) is 5.17. The minimum Gasteiger partial charge on any atom is -0.344 e. The normalized spacial score (nSPS) is 44.2. The van der Waals surface area contributed by atoms with E-state index in [0.717, 1.165) is 19.1 Å². The van der Waals surface area contributed by atoms with Gasteiger partial charge in [0, 0.05) is 11.3 Å². The van der Waals surface area contributed by atoms with Crippen molar-refractivity contribution >= 4 is 22.2 Å². The number of rotatable bonds is 3. The van der Waals surface area contributed by atoms with E-state index in [0.29, 0.717) is 0 Å². The number of carbonyl (C=O) groups is 1. The molecule has 0 spiro atoms. The highest BCUT2D eigenvalue weighted by Crippen LogP contribution is 2.79. The Balaban J connectivity index is 2.03. The first-order valence-electron chi connectivity index (χ1n) is 9.00. The van der Waals surface area contributed by atoms with Crippen LogP contribution in [0.4, 0.5) is 0 Å². The standard InChI is InChI=1S/C20H31BrO3/c1-16(2)17(3,4)20(16,21)15-14(23-18(5,6)24-15)19(7)11-9-8-10-13(19)12-22/h8-9,12-15H,10-11H2,1-7H3/t13-,14-,15-,19+/m0/s1. The van der Waals surface area contributed by atoms with Crippen LogP contribution in [-0.4, -0.2) is 28.6 Å². The Bertz CT molecular complexity index is 563. The molecule has 136 valence electrons. The summed E-state index contributed by atoms with van der Waals surface area (Å²) < 4.78 is 12.7. The average Bonchev–Trinajstić information content (AvgIpc) is 2.76. The zero-order valence-electron chi connectivity index (χ0n) is 16.0. The Morgan fingerprint density at radius 2 is 1.50 bits per heavy atom. The lowest BCUT2D eigenvalue weighted by molar-refractivity contribution is -0.162. The summed E-state index contributed by atoms with van der Waals surface area (Å²) in [5, 5.41) is 0. The SMILES string of the molecule is CC1(C)O[C@H](C2(Br)C(C)(C)C2(C)C)[C@@H]([C@]2(C)CC=CC[C@H]2C=O)O1. The first-order chi connectivity index (χ1) is 10.9. The first-order valence-corrected chi connectivity index (χ1v) is 9.79. The molecular weight excluding hydrogens is 368 g/mol. The van der Waals surface area contributed by atoms with Gasteiger partial charge in [-0.15, -0.1) is 0 Å². The van der Waals surface area contributed by atoms with Crippen molar-refractivity contribution in [2.75, 3.05) is 0 Å². The summed E-state index contributed by atoms with van der Waals surface area (Å²) in [6.07, 6.45) is 6.85. The van der Waals surface area contributed by atoms with Crippen molar-refractivity contribution in [3.05, 3.63) is 12.2 Å². The second-order valence-corrected chi connectivity index (χ2v) is 10.8. The summed E-state index contributed by atoms with van der Waals surface area (Å²) in [6.45, 7) is 15.3. The third kappa shape index (κ3) is 2.12. The maximum absolute atomic E-state index is 11.8. The number of halogens is 1. The van der Waals surface area contributed by atoms with Crippen LogP contribution in [0.15, 0.2) is 12.2 Å². The van der Waals surface area contributed by atoms with Gasteiger partial charge in [0.1, 0.15) is 12.4 Å². The van der Waals surface area contributed by atoms with Gasteiger partial charge in [-0.3, -0.25) is 0 Å². The molecule has 1 saturated carbocycles. The monoisotopic (exact) mass is 398 g/mol. The molecule has 3 rings (SSSR count). The fourth-order valence-electron chi connectivity index (χ4n) is 5.07. The van der Waals surface area contributed by atoms with Crippen molar-refractivity contribution in [3.63, 3.8) is 0 Å². The summed E-state index contributed by atoms with van der Waals surface area (Å²) in [5.41, 5.74) is -0.0705. The van der Waals surface area contributed by atoms with Crippen LogP contribution in [-0.2, 0) is 14.3 Å². The van der Waals surface area contributed by atoms with Gasteiger partial charge < -0.3 is 14.3 Å². The highest BCUT2D eigenvalue weighted by atomic mass is 79.9. The highest BCUT2D eigenvalue weighted by Gasteiger charge is 2.82. The van der Waals surface area contributed by atoms with Crippen LogP contribution in [0.1, 0.15) is 61.3 Å². The Morgan fingerprint density at radius 1 is 0.958 bits per heavy atom. The molecule has 2 aliphatic carbocycles. The summed E-state index contributed by atoms with van der Waals surface area (Å²) in [4.78, 5) is 11.8. The van der Waals surface area contributed by atoms with Crippen LogP contribution in [0.2, 0.25) is 0 Å². The molecule has 24 heavy (non-hydrogen) atoms. The molecule has 0 unspecified atom stereocenters. The zero-order valence-corrected chi connectivity index (χ0v) is 17.6. The molecule has 0 radical (unpaired) electrons. The lowest BCUT2D eigenvalue weighted by atomic mass is 9.65. The molecule has 1 aliphatic heterocycles. The molecule has 4 heteroatoms. The Hall–Kier alpha value is -0.190. The first kappa shape index (κ1) is 18.6. The van der Waals surface area contributed by atoms with E-state index in [4.69, 9.17) is 9.47 Å². The largest absolute Gasteiger partial charge is 0.344 e. The zero-order chi connectivity index (χ0) is 18.2. The molecule has 0 N–H and O–H groups in total. The molecule has 1 saturated heterocycles. The van der Waals surface area contributed by atoms with Gasteiger partial charge in [0.25, 0.3) is 0 Å². The van der Waals surface area contributed by atoms with E-state index in [9.17, 15) is 4.79 Å². The lowest BCUT2D eigenvalue weighted by Gasteiger charge is -2.43. The van der Waals surface area contributed by atoms with E-state index in [1.54, 1.807) is 0 Å². The van der Waals surface area contributed by atoms with Crippen LogP contribution < -0.4 is 0 Å². The van der Waals surface area contributed by atoms with Crippen LogP contribution >= 0.6 is 15.9 Å². The molecule has 4 atom stereocenters. The highest BCUT2D eigenvalue weighted by molar-refractivity contribution is 9.10. The number of alkyl halides is 1. The summed E-state index contributed by atoms with van der Waals surface area (Å²) in [5.74, 6) is -0.670. The van der Waals surface area contributed by atoms with Gasteiger partial charge >= 0.3 is 0 Å². The topological polar surface area (TPSA) is 35.5 Å². The van der Waals surface area contributed by atoms with Crippen molar-refractivity contribution < 1.29 is 14.3 Å². The molecule has 2 fully saturated rings. The second-order valence-electron chi connectivity index (χ2n) is 9.60. The summed E-state index contributed by atoms with van der Waals surface area (Å²) >= 11 is 4.07. The van der Waals surface area contributed by atoms with E-state index in [1.807, 2.05) is 13.8 Å². The van der Waals surface area contributed by atoms with Gasteiger partial charge in [-0.2, -0.15) is 0 Å². The fourth-order valence-corrected chi connectivity index (χ4v) is 6.30. The molecule has 1 heterocycles. The molecule has 0 aromatic heterocycles. The van der Waals surface area contributed by atoms with Crippen LogP contribution in [0.3, 0.4) is 0 Å². The molecule has 0 aromatic carbocycles. The molecular formula is C20H31BrO3. The van der Waals surface area contributed by atoms with Gasteiger partial charge in [0.05, 0.1) is 10.4 Å². The Morgan fingerprint density at radius 3 is 2.00 bits per heavy atom. The van der Waals surface area contributed by atoms with Gasteiger partial charge in [0.15, 0.2) is 5.79 Å². The van der Waals surface area contributed by atoms with E-state index < -0.39 is 5.79 Å². The van der Waals surface area contributed by atoms with Gasteiger partial charge in [0.2, 0.25) is 0 Å². The smallest absolute Gasteiger partial charge is 0.163 e. The van der Waals surface area contributed by atoms with Crippen molar-refractivity contribution in [3.8, 4) is 0 Å². The van der Waals surface area contributed by atoms with Crippen LogP contribution in [0, 0.1) is 22.2 Å². The molecule has 0 amide bonds. The van der Waals surface area contributed by atoms with E-state index >= 15 is 0 Å². The average molecular weight is 399 g/mol. The molecule has 0 aromatic rings. The van der Waals surface area contributed by atoms with Crippen molar-refractivity contribution in [2.45, 2.75) is 83.6 Å². The predicted octanol–water partition coefficient (Wildman–Crippen LogP) is 4.88. The number of allylic oxidation sites excluding steroid dienone is 2. The minimum atomic E-state index is -0.636. The predicted molar refractivity (Wildman–Crippen MR) is 99.1 cm³/mol. The molecule has 3 aliphatic rings. The quantitative estimate of drug-likeness (QED) is 0.386. The van der Waals surface area contributed by atoms with E-state index in [2.05, 4.69) is 62.7 Å². The summed E-state index contributed by atoms with van der Waals surface area (Å²) in [6, 6.07) is 0. The molecule has 0 bridgehead atoms. The number of hydrogen-bond acceptors (Lipinski definition) is 3. The van der Waals surface area contributed by atoms with Gasteiger partial charge in [-0.05, 0) is 37.5 Å².